The maximum atomic E-state index is 12.4. The Morgan fingerprint density at radius 1 is 1.21 bits per heavy atom. The minimum atomic E-state index is -0.128. The SMILES string of the molecule is Cc1cccc(NC(=S)N(CC[NH+](C)C)Cc2nc3ccccc3c(=O)[nH]2)c1. The number of quaternary nitrogens is 1. The summed E-state index contributed by atoms with van der Waals surface area (Å²) in [6.45, 7) is 4.14. The van der Waals surface area contributed by atoms with Crippen molar-refractivity contribution in [3.05, 3.63) is 70.3 Å². The number of fused-ring (bicyclic) bond motifs is 1. The van der Waals surface area contributed by atoms with Gasteiger partial charge in [-0.25, -0.2) is 4.98 Å². The molecule has 0 fully saturated rings. The lowest BCUT2D eigenvalue weighted by Crippen LogP contribution is -3.06. The maximum Gasteiger partial charge on any atom is 0.258 e. The van der Waals surface area contributed by atoms with E-state index >= 15 is 0 Å². The van der Waals surface area contributed by atoms with E-state index in [1.165, 1.54) is 4.90 Å². The number of hydrogen-bond donors (Lipinski definition) is 3. The van der Waals surface area contributed by atoms with Crippen molar-refractivity contribution in [2.75, 3.05) is 32.5 Å². The first-order valence-electron chi connectivity index (χ1n) is 9.32. The number of anilines is 1. The van der Waals surface area contributed by atoms with Crippen molar-refractivity contribution in [3.8, 4) is 0 Å². The maximum absolute atomic E-state index is 12.4. The second kappa shape index (κ2) is 8.95. The van der Waals surface area contributed by atoms with Crippen molar-refractivity contribution in [2.45, 2.75) is 13.5 Å². The summed E-state index contributed by atoms with van der Waals surface area (Å²) in [5.74, 6) is 0.603. The van der Waals surface area contributed by atoms with Crippen LogP contribution in [0.5, 0.6) is 0 Å². The quantitative estimate of drug-likeness (QED) is 0.552. The molecule has 2 aromatic carbocycles. The van der Waals surface area contributed by atoms with Crippen LogP contribution in [0.3, 0.4) is 0 Å². The standard InChI is InChI=1S/C21H25N5OS/c1-15-7-6-8-16(13-15)22-21(28)26(12-11-25(2)3)14-19-23-18-10-5-4-9-17(18)20(27)24-19/h4-10,13H,11-12,14H2,1-3H3,(H,22,28)(H,23,24,27)/p+1. The molecule has 0 aliphatic heterocycles. The molecular formula is C21H26N5OS+. The van der Waals surface area contributed by atoms with E-state index in [-0.39, 0.29) is 5.56 Å². The smallest absolute Gasteiger partial charge is 0.258 e. The van der Waals surface area contributed by atoms with Crippen molar-refractivity contribution < 1.29 is 4.90 Å². The molecule has 28 heavy (non-hydrogen) atoms. The Hall–Kier alpha value is -2.77. The molecule has 0 radical (unpaired) electrons. The van der Waals surface area contributed by atoms with Crippen molar-refractivity contribution in [3.63, 3.8) is 0 Å². The van der Waals surface area contributed by atoms with Gasteiger partial charge in [0, 0.05) is 5.69 Å². The van der Waals surface area contributed by atoms with Crippen molar-refractivity contribution in [1.82, 2.24) is 14.9 Å². The fourth-order valence-electron chi connectivity index (χ4n) is 2.93. The number of hydrogen-bond acceptors (Lipinski definition) is 3. The lowest BCUT2D eigenvalue weighted by Gasteiger charge is -2.26. The molecule has 1 heterocycles. The first kappa shape index (κ1) is 20.0. The minimum Gasteiger partial charge on any atom is -0.338 e. The molecule has 0 bridgehead atoms. The van der Waals surface area contributed by atoms with Crippen LogP contribution in [-0.4, -0.2) is 47.2 Å². The van der Waals surface area contributed by atoms with E-state index in [2.05, 4.69) is 35.4 Å². The van der Waals surface area contributed by atoms with Crippen molar-refractivity contribution >= 4 is 33.9 Å². The predicted octanol–water partition coefficient (Wildman–Crippen LogP) is 1.58. The number of likely N-dealkylation sites (N-methyl/N-ethyl adjacent to an activating group) is 1. The first-order valence-corrected chi connectivity index (χ1v) is 9.73. The third-order valence-electron chi connectivity index (χ3n) is 4.44. The van der Waals surface area contributed by atoms with E-state index in [9.17, 15) is 4.79 Å². The van der Waals surface area contributed by atoms with Crippen LogP contribution in [0, 0.1) is 6.92 Å². The largest absolute Gasteiger partial charge is 0.338 e. The Morgan fingerprint density at radius 2 is 2.00 bits per heavy atom. The second-order valence-electron chi connectivity index (χ2n) is 7.21. The highest BCUT2D eigenvalue weighted by Crippen LogP contribution is 2.12. The highest BCUT2D eigenvalue weighted by molar-refractivity contribution is 7.80. The van der Waals surface area contributed by atoms with Gasteiger partial charge in [-0.05, 0) is 49.0 Å². The fraction of sp³-hybridized carbons (Fsp3) is 0.286. The Balaban J connectivity index is 1.83. The average molecular weight is 397 g/mol. The Labute approximate surface area is 170 Å². The van der Waals surface area contributed by atoms with Gasteiger partial charge in [-0.3, -0.25) is 4.79 Å². The fourth-order valence-corrected chi connectivity index (χ4v) is 3.20. The zero-order chi connectivity index (χ0) is 20.1. The summed E-state index contributed by atoms with van der Waals surface area (Å²) in [6.07, 6.45) is 0. The van der Waals surface area contributed by atoms with Gasteiger partial charge < -0.3 is 20.1 Å². The monoisotopic (exact) mass is 396 g/mol. The van der Waals surface area contributed by atoms with Crippen molar-refractivity contribution in [1.29, 1.82) is 0 Å². The zero-order valence-corrected chi connectivity index (χ0v) is 17.3. The highest BCUT2D eigenvalue weighted by Gasteiger charge is 2.14. The van der Waals surface area contributed by atoms with Crippen LogP contribution in [0.15, 0.2) is 53.3 Å². The number of rotatable bonds is 6. The van der Waals surface area contributed by atoms with E-state index in [4.69, 9.17) is 12.2 Å². The van der Waals surface area contributed by atoms with Gasteiger partial charge in [-0.1, -0.05) is 24.3 Å². The molecule has 0 saturated heterocycles. The van der Waals surface area contributed by atoms with E-state index in [0.29, 0.717) is 28.4 Å². The molecule has 0 saturated carbocycles. The number of aryl methyl sites for hydroxylation is 1. The summed E-state index contributed by atoms with van der Waals surface area (Å²) in [6, 6.07) is 15.4. The van der Waals surface area contributed by atoms with Crippen molar-refractivity contribution in [2.24, 2.45) is 0 Å². The van der Waals surface area contributed by atoms with Gasteiger partial charge >= 0.3 is 0 Å². The first-order chi connectivity index (χ1) is 13.4. The normalized spacial score (nSPS) is 11.0. The molecule has 0 aliphatic rings. The molecule has 1 aromatic heterocycles. The summed E-state index contributed by atoms with van der Waals surface area (Å²) in [5.41, 5.74) is 2.68. The van der Waals surface area contributed by atoms with Gasteiger partial charge in [-0.15, -0.1) is 0 Å². The van der Waals surface area contributed by atoms with Gasteiger partial charge in [0.15, 0.2) is 5.11 Å². The summed E-state index contributed by atoms with van der Waals surface area (Å²) in [5, 5.41) is 4.51. The number of nitrogens with one attached hydrogen (secondary N) is 3. The van der Waals surface area contributed by atoms with Crippen LogP contribution in [-0.2, 0) is 6.54 Å². The van der Waals surface area contributed by atoms with Crippen LogP contribution in [0.1, 0.15) is 11.4 Å². The third-order valence-corrected chi connectivity index (χ3v) is 4.80. The lowest BCUT2D eigenvalue weighted by atomic mass is 10.2. The molecule has 3 aromatic rings. The molecule has 3 N–H and O–H groups in total. The second-order valence-corrected chi connectivity index (χ2v) is 7.59. The summed E-state index contributed by atoms with van der Waals surface area (Å²) in [4.78, 5) is 23.2. The average Bonchev–Trinajstić information content (AvgIpc) is 2.65. The zero-order valence-electron chi connectivity index (χ0n) is 16.5. The summed E-state index contributed by atoms with van der Waals surface area (Å²) < 4.78 is 0. The summed E-state index contributed by atoms with van der Waals surface area (Å²) >= 11 is 5.67. The number of thiocarbonyl (C=S) groups is 1. The Bertz CT molecular complexity index is 1030. The molecule has 0 amide bonds. The van der Waals surface area contributed by atoms with E-state index in [0.717, 1.165) is 24.3 Å². The molecule has 0 atom stereocenters. The third kappa shape index (κ3) is 5.15. The summed E-state index contributed by atoms with van der Waals surface area (Å²) in [7, 11) is 4.21. The Morgan fingerprint density at radius 3 is 2.75 bits per heavy atom. The van der Waals surface area contributed by atoms with Crippen LogP contribution >= 0.6 is 12.2 Å². The number of aromatic amines is 1. The van der Waals surface area contributed by atoms with Crippen LogP contribution in [0.25, 0.3) is 10.9 Å². The molecule has 3 rings (SSSR count). The minimum absolute atomic E-state index is 0.128. The van der Waals surface area contributed by atoms with E-state index in [1.807, 2.05) is 48.2 Å². The molecule has 0 spiro atoms. The van der Waals surface area contributed by atoms with Crippen LogP contribution < -0.4 is 15.8 Å². The molecule has 0 aliphatic carbocycles. The van der Waals surface area contributed by atoms with Gasteiger partial charge in [0.05, 0.1) is 44.6 Å². The predicted molar refractivity (Wildman–Crippen MR) is 118 cm³/mol. The topological polar surface area (TPSA) is 65.5 Å². The molecular weight excluding hydrogens is 370 g/mol. The number of H-pyrrole nitrogens is 1. The number of benzene rings is 2. The van der Waals surface area contributed by atoms with Crippen LogP contribution in [0.4, 0.5) is 5.69 Å². The van der Waals surface area contributed by atoms with Gasteiger partial charge in [0.1, 0.15) is 5.82 Å². The van der Waals surface area contributed by atoms with Crippen LogP contribution in [0.2, 0.25) is 0 Å². The van der Waals surface area contributed by atoms with Gasteiger partial charge in [0.25, 0.3) is 5.56 Å². The van der Waals surface area contributed by atoms with E-state index in [1.54, 1.807) is 6.07 Å². The molecule has 7 heteroatoms. The molecule has 0 unspecified atom stereocenters. The number of nitrogens with zero attached hydrogens (tertiary/aromatic N) is 2. The highest BCUT2D eigenvalue weighted by atomic mass is 32.1. The van der Waals surface area contributed by atoms with E-state index < -0.39 is 0 Å². The van der Waals surface area contributed by atoms with Gasteiger partial charge in [-0.2, -0.15) is 0 Å². The lowest BCUT2D eigenvalue weighted by molar-refractivity contribution is -0.857. The number of para-hydroxylation sites is 1. The molecule has 146 valence electrons. The number of aromatic nitrogens is 2. The Kier molecular flexibility index (Phi) is 6.38. The van der Waals surface area contributed by atoms with Gasteiger partial charge in [0.2, 0.25) is 0 Å². The molecule has 6 nitrogen and oxygen atoms in total.